The van der Waals surface area contributed by atoms with Gasteiger partial charge < -0.3 is 14.2 Å². The first-order valence-corrected chi connectivity index (χ1v) is 5.12. The summed E-state index contributed by atoms with van der Waals surface area (Å²) in [6.07, 6.45) is 4.33. The van der Waals surface area contributed by atoms with Crippen LogP contribution in [0.3, 0.4) is 0 Å². The lowest BCUT2D eigenvalue weighted by atomic mass is 10.3. The maximum Gasteiger partial charge on any atom is 0.120 e. The van der Waals surface area contributed by atoms with Gasteiger partial charge in [0.05, 0.1) is 19.1 Å². The molecule has 2 heterocycles. The Labute approximate surface area is 89.1 Å². The van der Waals surface area contributed by atoms with E-state index >= 15 is 0 Å². The molecule has 15 heavy (non-hydrogen) atoms. The highest BCUT2D eigenvalue weighted by Crippen LogP contribution is 2.07. The van der Waals surface area contributed by atoms with Crippen molar-refractivity contribution >= 4 is 0 Å². The van der Waals surface area contributed by atoms with Gasteiger partial charge in [-0.15, -0.1) is 0 Å². The van der Waals surface area contributed by atoms with Crippen LogP contribution in [0, 0.1) is 6.92 Å². The quantitative estimate of drug-likeness (QED) is 0.762. The van der Waals surface area contributed by atoms with E-state index in [0.29, 0.717) is 0 Å². The summed E-state index contributed by atoms with van der Waals surface area (Å²) in [5, 5.41) is 3.31. The molecule has 0 aliphatic rings. The van der Waals surface area contributed by atoms with Gasteiger partial charge in [0.25, 0.3) is 0 Å². The molecule has 0 radical (unpaired) electrons. The van der Waals surface area contributed by atoms with E-state index in [1.165, 1.54) is 5.56 Å². The number of hydrogen-bond donors (Lipinski definition) is 1. The second-order valence-electron chi connectivity index (χ2n) is 3.53. The van der Waals surface area contributed by atoms with Crippen LogP contribution in [0.1, 0.15) is 17.1 Å². The van der Waals surface area contributed by atoms with Gasteiger partial charge in [-0.2, -0.15) is 0 Å². The van der Waals surface area contributed by atoms with Crippen LogP contribution in [0.4, 0.5) is 0 Å². The SMILES string of the molecule is Cc1ccoc1CNCCc1ccco1. The minimum atomic E-state index is 0.777. The molecule has 0 aromatic carbocycles. The first-order chi connectivity index (χ1) is 7.36. The van der Waals surface area contributed by atoms with E-state index in [-0.39, 0.29) is 0 Å². The average Bonchev–Trinajstić information content (AvgIpc) is 2.85. The van der Waals surface area contributed by atoms with Crippen molar-refractivity contribution in [3.63, 3.8) is 0 Å². The fourth-order valence-electron chi connectivity index (χ4n) is 1.45. The zero-order valence-corrected chi connectivity index (χ0v) is 8.82. The normalized spacial score (nSPS) is 10.7. The van der Waals surface area contributed by atoms with E-state index in [1.807, 2.05) is 25.1 Å². The highest BCUT2D eigenvalue weighted by atomic mass is 16.3. The predicted octanol–water partition coefficient (Wildman–Crippen LogP) is 2.51. The maximum absolute atomic E-state index is 5.32. The number of hydrogen-bond acceptors (Lipinski definition) is 3. The van der Waals surface area contributed by atoms with E-state index < -0.39 is 0 Å². The highest BCUT2D eigenvalue weighted by molar-refractivity contribution is 5.14. The summed E-state index contributed by atoms with van der Waals surface area (Å²) in [4.78, 5) is 0. The van der Waals surface area contributed by atoms with Gasteiger partial charge in [-0.25, -0.2) is 0 Å². The molecule has 2 aromatic rings. The summed E-state index contributed by atoms with van der Waals surface area (Å²) in [7, 11) is 0. The molecule has 0 unspecified atom stereocenters. The molecule has 0 bridgehead atoms. The third-order valence-corrected chi connectivity index (χ3v) is 2.38. The van der Waals surface area contributed by atoms with Gasteiger partial charge in [0.2, 0.25) is 0 Å². The molecule has 2 aromatic heterocycles. The predicted molar refractivity (Wildman–Crippen MR) is 57.6 cm³/mol. The zero-order chi connectivity index (χ0) is 10.5. The largest absolute Gasteiger partial charge is 0.469 e. The zero-order valence-electron chi connectivity index (χ0n) is 8.82. The van der Waals surface area contributed by atoms with Crippen molar-refractivity contribution in [2.45, 2.75) is 19.9 Å². The van der Waals surface area contributed by atoms with E-state index in [0.717, 1.165) is 31.0 Å². The summed E-state index contributed by atoms with van der Waals surface area (Å²) in [6, 6.07) is 5.87. The smallest absolute Gasteiger partial charge is 0.120 e. The summed E-state index contributed by atoms with van der Waals surface area (Å²) in [5.74, 6) is 2.02. The number of rotatable bonds is 5. The number of aryl methyl sites for hydroxylation is 1. The molecule has 0 fully saturated rings. The molecule has 0 amide bonds. The Morgan fingerprint density at radius 3 is 2.80 bits per heavy atom. The molecule has 0 saturated carbocycles. The molecule has 80 valence electrons. The second-order valence-corrected chi connectivity index (χ2v) is 3.53. The van der Waals surface area contributed by atoms with Crippen molar-refractivity contribution < 1.29 is 8.83 Å². The lowest BCUT2D eigenvalue weighted by molar-refractivity contribution is 0.466. The van der Waals surface area contributed by atoms with E-state index in [9.17, 15) is 0 Å². The average molecular weight is 205 g/mol. The summed E-state index contributed by atoms with van der Waals surface area (Å²) < 4.78 is 10.5. The molecule has 3 nitrogen and oxygen atoms in total. The second kappa shape index (κ2) is 4.84. The van der Waals surface area contributed by atoms with Crippen molar-refractivity contribution in [3.05, 3.63) is 47.8 Å². The first kappa shape index (κ1) is 10.1. The molecule has 0 spiro atoms. The number of furan rings is 2. The summed E-state index contributed by atoms with van der Waals surface area (Å²) in [6.45, 7) is 3.72. The molecule has 1 N–H and O–H groups in total. The standard InChI is InChI=1S/C12H15NO2/c1-10-5-8-15-12(10)9-13-6-4-11-3-2-7-14-11/h2-3,5,7-8,13H,4,6,9H2,1H3. The molecule has 2 rings (SSSR count). The van der Waals surface area contributed by atoms with E-state index in [4.69, 9.17) is 8.83 Å². The number of nitrogens with one attached hydrogen (secondary N) is 1. The van der Waals surface area contributed by atoms with Gasteiger partial charge in [0.15, 0.2) is 0 Å². The van der Waals surface area contributed by atoms with E-state index in [1.54, 1.807) is 12.5 Å². The van der Waals surface area contributed by atoms with E-state index in [2.05, 4.69) is 5.32 Å². The topological polar surface area (TPSA) is 38.3 Å². The van der Waals surface area contributed by atoms with Crippen LogP contribution in [0.5, 0.6) is 0 Å². The monoisotopic (exact) mass is 205 g/mol. The minimum Gasteiger partial charge on any atom is -0.469 e. The first-order valence-electron chi connectivity index (χ1n) is 5.12. The van der Waals surface area contributed by atoms with Crippen molar-refractivity contribution in [2.24, 2.45) is 0 Å². The Morgan fingerprint density at radius 2 is 2.13 bits per heavy atom. The van der Waals surface area contributed by atoms with Crippen molar-refractivity contribution in [1.82, 2.24) is 5.32 Å². The summed E-state index contributed by atoms with van der Waals surface area (Å²) in [5.41, 5.74) is 1.19. The Morgan fingerprint density at radius 1 is 1.20 bits per heavy atom. The van der Waals surface area contributed by atoms with Crippen molar-refractivity contribution in [2.75, 3.05) is 6.54 Å². The fourth-order valence-corrected chi connectivity index (χ4v) is 1.45. The van der Waals surface area contributed by atoms with Crippen molar-refractivity contribution in [3.8, 4) is 0 Å². The Bertz CT molecular complexity index is 389. The van der Waals surface area contributed by atoms with Crippen LogP contribution < -0.4 is 5.32 Å². The molecule has 0 aliphatic carbocycles. The molecular weight excluding hydrogens is 190 g/mol. The molecule has 3 heteroatoms. The molecule has 0 atom stereocenters. The van der Waals surface area contributed by atoms with Crippen LogP contribution in [0.25, 0.3) is 0 Å². The Balaban J connectivity index is 1.70. The molecular formula is C12H15NO2. The third-order valence-electron chi connectivity index (χ3n) is 2.38. The fraction of sp³-hybridized carbons (Fsp3) is 0.333. The van der Waals surface area contributed by atoms with Crippen LogP contribution in [-0.4, -0.2) is 6.54 Å². The van der Waals surface area contributed by atoms with Crippen LogP contribution in [-0.2, 0) is 13.0 Å². The van der Waals surface area contributed by atoms with Gasteiger partial charge in [0.1, 0.15) is 11.5 Å². The van der Waals surface area contributed by atoms with Crippen LogP contribution in [0.15, 0.2) is 39.6 Å². The molecule has 0 saturated heterocycles. The van der Waals surface area contributed by atoms with Gasteiger partial charge >= 0.3 is 0 Å². The van der Waals surface area contributed by atoms with Gasteiger partial charge in [0, 0.05) is 13.0 Å². The maximum atomic E-state index is 5.32. The van der Waals surface area contributed by atoms with Crippen molar-refractivity contribution in [1.29, 1.82) is 0 Å². The highest BCUT2D eigenvalue weighted by Gasteiger charge is 2.01. The Kier molecular flexibility index (Phi) is 3.25. The lowest BCUT2D eigenvalue weighted by Gasteiger charge is -2.01. The summed E-state index contributed by atoms with van der Waals surface area (Å²) >= 11 is 0. The minimum absolute atomic E-state index is 0.777. The van der Waals surface area contributed by atoms with Gasteiger partial charge in [-0.1, -0.05) is 0 Å². The Hall–Kier alpha value is -1.48. The lowest BCUT2D eigenvalue weighted by Crippen LogP contribution is -2.16. The van der Waals surface area contributed by atoms with Gasteiger partial charge in [-0.05, 0) is 30.7 Å². The van der Waals surface area contributed by atoms with Crippen LogP contribution >= 0.6 is 0 Å². The molecule has 0 aliphatic heterocycles. The van der Waals surface area contributed by atoms with Crippen LogP contribution in [0.2, 0.25) is 0 Å². The third kappa shape index (κ3) is 2.73. The van der Waals surface area contributed by atoms with Gasteiger partial charge in [-0.3, -0.25) is 0 Å².